The van der Waals surface area contributed by atoms with Gasteiger partial charge in [0.1, 0.15) is 0 Å². The van der Waals surface area contributed by atoms with Gasteiger partial charge >= 0.3 is 0 Å². The standard InChI is InChI=1S/C9H16N4O/c1-9(3-4-14-6-9)11-8-7(10)5-13(2)12-8/h5H,3-4,6,10H2,1-2H3,(H,11,12). The number of nitrogens with zero attached hydrogens (tertiary/aromatic N) is 2. The van der Waals surface area contributed by atoms with Crippen LogP contribution >= 0.6 is 0 Å². The summed E-state index contributed by atoms with van der Waals surface area (Å²) in [5.74, 6) is 0.750. The molecule has 1 aromatic heterocycles. The van der Waals surface area contributed by atoms with Crippen molar-refractivity contribution in [2.24, 2.45) is 7.05 Å². The first-order valence-electron chi connectivity index (χ1n) is 4.74. The third-order valence-electron chi connectivity index (χ3n) is 2.50. The largest absolute Gasteiger partial charge is 0.394 e. The monoisotopic (exact) mass is 196 g/mol. The molecule has 1 aromatic rings. The summed E-state index contributed by atoms with van der Waals surface area (Å²) in [5.41, 5.74) is 6.45. The first-order valence-corrected chi connectivity index (χ1v) is 4.74. The third kappa shape index (κ3) is 1.68. The average molecular weight is 196 g/mol. The molecule has 5 nitrogen and oxygen atoms in total. The van der Waals surface area contributed by atoms with E-state index in [-0.39, 0.29) is 5.54 Å². The normalized spacial score (nSPS) is 26.7. The Morgan fingerprint density at radius 2 is 2.50 bits per heavy atom. The van der Waals surface area contributed by atoms with Gasteiger partial charge in [-0.15, -0.1) is 0 Å². The van der Waals surface area contributed by atoms with Gasteiger partial charge in [-0.2, -0.15) is 5.10 Å². The molecule has 0 aromatic carbocycles. The van der Waals surface area contributed by atoms with Crippen molar-refractivity contribution in [2.75, 3.05) is 24.3 Å². The molecule has 1 unspecified atom stereocenters. The van der Waals surface area contributed by atoms with Crippen LogP contribution in [0.1, 0.15) is 13.3 Å². The van der Waals surface area contributed by atoms with Gasteiger partial charge in [0.2, 0.25) is 0 Å². The van der Waals surface area contributed by atoms with Crippen LogP contribution in [-0.4, -0.2) is 28.5 Å². The highest BCUT2D eigenvalue weighted by Crippen LogP contribution is 2.25. The summed E-state index contributed by atoms with van der Waals surface area (Å²) in [6.07, 6.45) is 2.78. The number of nitrogens with two attached hydrogens (primary N) is 1. The summed E-state index contributed by atoms with van der Waals surface area (Å²) >= 11 is 0. The first kappa shape index (κ1) is 9.33. The van der Waals surface area contributed by atoms with E-state index in [1.54, 1.807) is 10.9 Å². The van der Waals surface area contributed by atoms with Crippen molar-refractivity contribution in [1.82, 2.24) is 9.78 Å². The fourth-order valence-electron chi connectivity index (χ4n) is 1.66. The minimum atomic E-state index is -0.0253. The molecule has 2 heterocycles. The number of aryl methyl sites for hydroxylation is 1. The van der Waals surface area contributed by atoms with Gasteiger partial charge in [-0.1, -0.05) is 0 Å². The fourth-order valence-corrected chi connectivity index (χ4v) is 1.66. The molecule has 2 rings (SSSR count). The minimum Gasteiger partial charge on any atom is -0.394 e. The highest BCUT2D eigenvalue weighted by molar-refractivity contribution is 5.61. The molecule has 0 amide bonds. The molecule has 1 fully saturated rings. The lowest BCUT2D eigenvalue weighted by Crippen LogP contribution is -2.35. The van der Waals surface area contributed by atoms with Crippen molar-refractivity contribution in [3.8, 4) is 0 Å². The lowest BCUT2D eigenvalue weighted by atomic mass is 10.0. The van der Waals surface area contributed by atoms with Crippen LogP contribution in [0.25, 0.3) is 0 Å². The summed E-state index contributed by atoms with van der Waals surface area (Å²) < 4.78 is 7.05. The lowest BCUT2D eigenvalue weighted by molar-refractivity contribution is 0.185. The van der Waals surface area contributed by atoms with E-state index in [0.29, 0.717) is 12.3 Å². The van der Waals surface area contributed by atoms with Crippen LogP contribution in [0.5, 0.6) is 0 Å². The van der Waals surface area contributed by atoms with Crippen molar-refractivity contribution < 1.29 is 4.74 Å². The molecule has 78 valence electrons. The molecule has 14 heavy (non-hydrogen) atoms. The zero-order valence-corrected chi connectivity index (χ0v) is 8.58. The quantitative estimate of drug-likeness (QED) is 0.726. The lowest BCUT2D eigenvalue weighted by Gasteiger charge is -2.23. The van der Waals surface area contributed by atoms with Gasteiger partial charge in [-0.3, -0.25) is 4.68 Å². The molecular formula is C9H16N4O. The number of nitrogens with one attached hydrogen (secondary N) is 1. The van der Waals surface area contributed by atoms with Crippen molar-refractivity contribution in [3.05, 3.63) is 6.20 Å². The Balaban J connectivity index is 2.13. The van der Waals surface area contributed by atoms with Gasteiger partial charge in [0.25, 0.3) is 0 Å². The second-order valence-electron chi connectivity index (χ2n) is 4.09. The Morgan fingerprint density at radius 3 is 3.00 bits per heavy atom. The molecule has 1 saturated heterocycles. The molecule has 1 aliphatic rings. The number of hydrogen-bond acceptors (Lipinski definition) is 4. The second kappa shape index (κ2) is 3.16. The topological polar surface area (TPSA) is 65.1 Å². The maximum absolute atomic E-state index is 5.79. The van der Waals surface area contributed by atoms with Gasteiger partial charge in [-0.25, -0.2) is 0 Å². The van der Waals surface area contributed by atoms with E-state index in [1.807, 2.05) is 7.05 Å². The van der Waals surface area contributed by atoms with E-state index >= 15 is 0 Å². The zero-order chi connectivity index (χ0) is 10.2. The highest BCUT2D eigenvalue weighted by atomic mass is 16.5. The van der Waals surface area contributed by atoms with Gasteiger partial charge in [0, 0.05) is 19.9 Å². The maximum atomic E-state index is 5.79. The predicted octanol–water partition coefficient (Wildman–Crippen LogP) is 0.593. The summed E-state index contributed by atoms with van der Waals surface area (Å²) in [6.45, 7) is 3.63. The molecule has 5 heteroatoms. The smallest absolute Gasteiger partial charge is 0.171 e. The number of rotatable bonds is 2. The number of nitrogen functional groups attached to an aromatic ring is 1. The van der Waals surface area contributed by atoms with E-state index < -0.39 is 0 Å². The zero-order valence-electron chi connectivity index (χ0n) is 8.58. The van der Waals surface area contributed by atoms with Crippen molar-refractivity contribution >= 4 is 11.5 Å². The predicted molar refractivity (Wildman–Crippen MR) is 55.1 cm³/mol. The van der Waals surface area contributed by atoms with Crippen molar-refractivity contribution in [3.63, 3.8) is 0 Å². The molecule has 0 aliphatic carbocycles. The van der Waals surface area contributed by atoms with E-state index in [2.05, 4.69) is 17.3 Å². The molecule has 0 bridgehead atoms. The third-order valence-corrected chi connectivity index (χ3v) is 2.50. The van der Waals surface area contributed by atoms with Crippen LogP contribution in [0.3, 0.4) is 0 Å². The second-order valence-corrected chi connectivity index (χ2v) is 4.09. The molecule has 0 radical (unpaired) electrons. The number of hydrogen-bond donors (Lipinski definition) is 2. The van der Waals surface area contributed by atoms with Crippen LogP contribution in [0.4, 0.5) is 11.5 Å². The van der Waals surface area contributed by atoms with E-state index in [4.69, 9.17) is 10.5 Å². The molecule has 1 aliphatic heterocycles. The Morgan fingerprint density at radius 1 is 1.71 bits per heavy atom. The van der Waals surface area contributed by atoms with E-state index in [1.165, 1.54) is 0 Å². The van der Waals surface area contributed by atoms with Crippen LogP contribution in [0.15, 0.2) is 6.20 Å². The Bertz CT molecular complexity index is 328. The Hall–Kier alpha value is -1.23. The van der Waals surface area contributed by atoms with Crippen LogP contribution in [0, 0.1) is 0 Å². The average Bonchev–Trinajstić information content (AvgIpc) is 2.61. The molecule has 0 spiro atoms. The SMILES string of the molecule is Cn1cc(N)c(NC2(C)CCOC2)n1. The van der Waals surface area contributed by atoms with E-state index in [9.17, 15) is 0 Å². The van der Waals surface area contributed by atoms with Gasteiger partial charge in [-0.05, 0) is 13.3 Å². The fraction of sp³-hybridized carbons (Fsp3) is 0.667. The molecular weight excluding hydrogens is 180 g/mol. The summed E-state index contributed by atoms with van der Waals surface area (Å²) in [4.78, 5) is 0. The van der Waals surface area contributed by atoms with Crippen LogP contribution in [0.2, 0.25) is 0 Å². The molecule has 0 saturated carbocycles. The Labute approximate surface area is 83.2 Å². The summed E-state index contributed by atoms with van der Waals surface area (Å²) in [5, 5.41) is 7.57. The molecule has 1 atom stereocenters. The summed E-state index contributed by atoms with van der Waals surface area (Å²) in [6, 6.07) is 0. The number of aromatic nitrogens is 2. The van der Waals surface area contributed by atoms with Gasteiger partial charge in [0.15, 0.2) is 5.82 Å². The minimum absolute atomic E-state index is 0.0253. The molecule has 3 N–H and O–H groups in total. The van der Waals surface area contributed by atoms with Crippen molar-refractivity contribution in [1.29, 1.82) is 0 Å². The van der Waals surface area contributed by atoms with Crippen LogP contribution < -0.4 is 11.1 Å². The number of anilines is 2. The van der Waals surface area contributed by atoms with Gasteiger partial charge in [0.05, 0.1) is 17.8 Å². The van der Waals surface area contributed by atoms with Crippen molar-refractivity contribution in [2.45, 2.75) is 18.9 Å². The van der Waals surface area contributed by atoms with E-state index in [0.717, 1.165) is 18.8 Å². The summed E-state index contributed by atoms with van der Waals surface area (Å²) in [7, 11) is 1.86. The maximum Gasteiger partial charge on any atom is 0.171 e. The van der Waals surface area contributed by atoms with Gasteiger partial charge < -0.3 is 15.8 Å². The Kier molecular flexibility index (Phi) is 2.11. The highest BCUT2D eigenvalue weighted by Gasteiger charge is 2.30. The number of ether oxygens (including phenoxy) is 1. The first-order chi connectivity index (χ1) is 6.59. The van der Waals surface area contributed by atoms with Crippen LogP contribution in [-0.2, 0) is 11.8 Å².